The van der Waals surface area contributed by atoms with Gasteiger partial charge in [0.1, 0.15) is 16.5 Å². The molecule has 1 atom stereocenters. The zero-order valence-electron chi connectivity index (χ0n) is 21.2. The predicted octanol–water partition coefficient (Wildman–Crippen LogP) is 4.25. The summed E-state index contributed by atoms with van der Waals surface area (Å²) in [6.45, 7) is 8.89. The van der Waals surface area contributed by atoms with Crippen LogP contribution in [0.2, 0.25) is 0 Å². The van der Waals surface area contributed by atoms with Crippen LogP contribution < -0.4 is 20.1 Å². The van der Waals surface area contributed by atoms with Crippen LogP contribution in [0.25, 0.3) is 11.3 Å². The van der Waals surface area contributed by atoms with Crippen LogP contribution in [0.1, 0.15) is 45.9 Å². The van der Waals surface area contributed by atoms with Gasteiger partial charge in [-0.1, -0.05) is 6.92 Å². The molecule has 11 heteroatoms. The molecule has 1 aliphatic rings. The molecule has 3 aromatic rings. The lowest BCUT2D eigenvalue weighted by Gasteiger charge is -2.34. The van der Waals surface area contributed by atoms with Gasteiger partial charge in [0, 0.05) is 25.3 Å². The number of carbonyl (C=O) groups is 1. The number of rotatable bonds is 7. The summed E-state index contributed by atoms with van der Waals surface area (Å²) in [5.41, 5.74) is 6.38. The topological polar surface area (TPSA) is 128 Å². The molecule has 9 nitrogen and oxygen atoms in total. The maximum Gasteiger partial charge on any atom is 0.268 e. The van der Waals surface area contributed by atoms with Crippen molar-refractivity contribution in [2.75, 3.05) is 23.8 Å². The van der Waals surface area contributed by atoms with Gasteiger partial charge in [0.15, 0.2) is 11.6 Å². The minimum Gasteiger partial charge on any atom is -0.491 e. The van der Waals surface area contributed by atoms with Crippen LogP contribution in [0.4, 0.5) is 16.0 Å². The maximum atomic E-state index is 14.6. The normalized spacial score (nSPS) is 17.0. The molecule has 0 spiro atoms. The van der Waals surface area contributed by atoms with E-state index in [1.807, 2.05) is 18.7 Å². The third kappa shape index (κ3) is 5.36. The van der Waals surface area contributed by atoms with E-state index >= 15 is 0 Å². The minimum absolute atomic E-state index is 0. The first-order valence-electron chi connectivity index (χ1n) is 11.9. The molecule has 0 bridgehead atoms. The van der Waals surface area contributed by atoms with Gasteiger partial charge in [0.2, 0.25) is 0 Å². The van der Waals surface area contributed by atoms with Gasteiger partial charge in [0.25, 0.3) is 15.9 Å². The first-order chi connectivity index (χ1) is 17.4. The molecular formula is C26H32FN5O4S. The number of nitrogens with zero attached hydrogens (tertiary/aromatic N) is 3. The van der Waals surface area contributed by atoms with Crippen LogP contribution in [0.3, 0.4) is 0 Å². The molecule has 198 valence electrons. The van der Waals surface area contributed by atoms with Crippen molar-refractivity contribution >= 4 is 27.6 Å². The molecule has 1 fully saturated rings. The number of nitrogens with one attached hydrogen (secondary N) is 1. The average molecular weight is 530 g/mol. The fourth-order valence-electron chi connectivity index (χ4n) is 4.75. The number of hydrogen-bond donors (Lipinski definition) is 2. The fraction of sp³-hybridized carbons (Fsp3) is 0.346. The number of hydrogen-bond acceptors (Lipinski definition) is 8. The maximum absolute atomic E-state index is 14.6. The lowest BCUT2D eigenvalue weighted by atomic mass is 9.97. The Morgan fingerprint density at radius 2 is 2.05 bits per heavy atom. The van der Waals surface area contributed by atoms with E-state index in [9.17, 15) is 17.6 Å². The molecule has 1 aromatic carbocycles. The Kier molecular flexibility index (Phi) is 7.09. The van der Waals surface area contributed by atoms with Gasteiger partial charge in [-0.15, -0.1) is 0 Å². The summed E-state index contributed by atoms with van der Waals surface area (Å²) in [5, 5.41) is 0. The number of anilines is 2. The third-order valence-corrected chi connectivity index (χ3v) is 7.67. The molecular weight excluding hydrogens is 497 g/mol. The molecule has 0 saturated carbocycles. The number of benzene rings is 1. The Bertz CT molecular complexity index is 1450. The molecule has 0 unspecified atom stereocenters. The van der Waals surface area contributed by atoms with E-state index in [0.29, 0.717) is 36.1 Å². The van der Waals surface area contributed by atoms with E-state index in [1.54, 1.807) is 19.1 Å². The van der Waals surface area contributed by atoms with Crippen molar-refractivity contribution in [3.8, 4) is 17.0 Å². The molecule has 1 amide bonds. The number of halogens is 1. The highest BCUT2D eigenvalue weighted by Gasteiger charge is 2.39. The number of nitrogen functional groups attached to an aromatic ring is 1. The summed E-state index contributed by atoms with van der Waals surface area (Å²) in [7, 11) is -4.29. The van der Waals surface area contributed by atoms with Crippen LogP contribution >= 0.6 is 0 Å². The van der Waals surface area contributed by atoms with Crippen LogP contribution in [-0.2, 0) is 10.0 Å². The van der Waals surface area contributed by atoms with Crippen molar-refractivity contribution in [2.45, 2.75) is 44.6 Å². The molecule has 37 heavy (non-hydrogen) atoms. The lowest BCUT2D eigenvalue weighted by Crippen LogP contribution is -2.41. The number of pyridine rings is 2. The molecule has 3 heterocycles. The van der Waals surface area contributed by atoms with Crippen LogP contribution in [0, 0.1) is 11.7 Å². The number of nitrogens with two attached hydrogens (primary N) is 1. The predicted molar refractivity (Wildman–Crippen MR) is 141 cm³/mol. The van der Waals surface area contributed by atoms with Gasteiger partial charge < -0.3 is 15.4 Å². The summed E-state index contributed by atoms with van der Waals surface area (Å²) in [4.78, 5) is 23.6. The number of amides is 1. The van der Waals surface area contributed by atoms with Crippen LogP contribution in [0.15, 0.2) is 53.6 Å². The summed E-state index contributed by atoms with van der Waals surface area (Å²) in [6.07, 6.45) is 2.21. The third-order valence-electron chi connectivity index (χ3n) is 6.29. The number of carbonyl (C=O) groups excluding carboxylic acids is 1. The van der Waals surface area contributed by atoms with Gasteiger partial charge >= 0.3 is 0 Å². The first kappa shape index (κ1) is 26.3. The second-order valence-electron chi connectivity index (χ2n) is 9.70. The van der Waals surface area contributed by atoms with E-state index in [2.05, 4.69) is 16.6 Å². The van der Waals surface area contributed by atoms with Crippen LogP contribution in [-0.4, -0.2) is 43.0 Å². The lowest BCUT2D eigenvalue weighted by molar-refractivity contribution is 0.0981. The number of ether oxygens (including phenoxy) is 1. The second-order valence-corrected chi connectivity index (χ2v) is 11.4. The molecule has 1 aliphatic heterocycles. The second kappa shape index (κ2) is 9.97. The Labute approximate surface area is 217 Å². The first-order valence-corrected chi connectivity index (χ1v) is 13.4. The summed E-state index contributed by atoms with van der Waals surface area (Å²) in [6, 6.07) is 10.3. The minimum atomic E-state index is -4.29. The molecule has 0 radical (unpaired) electrons. The Morgan fingerprint density at radius 3 is 2.68 bits per heavy atom. The summed E-state index contributed by atoms with van der Waals surface area (Å²) >= 11 is 0. The largest absolute Gasteiger partial charge is 0.491 e. The zero-order chi connectivity index (χ0) is 27.0. The summed E-state index contributed by atoms with van der Waals surface area (Å²) in [5.74, 6) is -0.836. The molecule has 2 aromatic heterocycles. The average Bonchev–Trinajstić information content (AvgIpc) is 3.11. The van der Waals surface area contributed by atoms with Crippen molar-refractivity contribution in [3.05, 3.63) is 60.0 Å². The van der Waals surface area contributed by atoms with Crippen molar-refractivity contribution in [1.82, 2.24) is 14.7 Å². The van der Waals surface area contributed by atoms with E-state index in [-0.39, 0.29) is 29.0 Å². The highest BCUT2D eigenvalue weighted by molar-refractivity contribution is 7.90. The molecule has 1 saturated heterocycles. The Balaban J connectivity index is 0.00000400. The Morgan fingerprint density at radius 1 is 1.30 bits per heavy atom. The van der Waals surface area contributed by atoms with Gasteiger partial charge in [-0.2, -0.15) is 0 Å². The van der Waals surface area contributed by atoms with E-state index < -0.39 is 21.7 Å². The quantitative estimate of drug-likeness (QED) is 0.465. The summed E-state index contributed by atoms with van der Waals surface area (Å²) < 4.78 is 47.8. The molecule has 0 aliphatic carbocycles. The van der Waals surface area contributed by atoms with E-state index in [1.165, 1.54) is 36.5 Å². The van der Waals surface area contributed by atoms with E-state index in [4.69, 9.17) is 15.5 Å². The number of sulfonamides is 1. The van der Waals surface area contributed by atoms with Gasteiger partial charge in [-0.25, -0.2) is 27.5 Å². The van der Waals surface area contributed by atoms with Gasteiger partial charge in [0.05, 0.1) is 17.9 Å². The highest BCUT2D eigenvalue weighted by atomic mass is 32.2. The fourth-order valence-corrected chi connectivity index (χ4v) is 5.80. The zero-order valence-corrected chi connectivity index (χ0v) is 22.0. The smallest absolute Gasteiger partial charge is 0.268 e. The molecule has 3 N–H and O–H groups in total. The Hall–Kier alpha value is -3.73. The van der Waals surface area contributed by atoms with Gasteiger partial charge in [-0.3, -0.25) is 4.79 Å². The number of aromatic nitrogens is 2. The van der Waals surface area contributed by atoms with Crippen molar-refractivity contribution < 1.29 is 23.8 Å². The SMILES string of the molecule is CCOc1ccc(-c2ccc(C(=O)NS(=O)(=O)c3cccnc3N)c(N3C[C@@H](C)CC3(C)C)n2)cc1F.[HH]. The van der Waals surface area contributed by atoms with E-state index in [0.717, 1.165) is 6.42 Å². The molecule has 4 rings (SSSR count). The monoisotopic (exact) mass is 529 g/mol. The highest BCUT2D eigenvalue weighted by Crippen LogP contribution is 2.38. The van der Waals surface area contributed by atoms with Crippen molar-refractivity contribution in [3.63, 3.8) is 0 Å². The standard InChI is InChI=1S/C26H30FN5O4S.H2/c1-5-36-21-11-8-17(13-19(21)27)20-10-9-18(24(30-20)32-15-16(2)14-26(32,3)4)25(33)31-37(34,35)22-7-6-12-29-23(22)28;/h6-13,16H,5,14-15H2,1-4H3,(H2,28,29)(H,31,33);1H/t16-;/m0./s1. The van der Waals surface area contributed by atoms with Gasteiger partial charge in [-0.05, 0) is 75.6 Å². The van der Waals surface area contributed by atoms with Crippen molar-refractivity contribution in [1.29, 1.82) is 0 Å². The van der Waals surface area contributed by atoms with Crippen LogP contribution in [0.5, 0.6) is 5.75 Å². The van der Waals surface area contributed by atoms with Crippen molar-refractivity contribution in [2.24, 2.45) is 5.92 Å².